The summed E-state index contributed by atoms with van der Waals surface area (Å²) in [5.74, 6) is 0.941. The second-order valence-electron chi connectivity index (χ2n) is 6.75. The third-order valence-corrected chi connectivity index (χ3v) is 5.26. The van der Waals surface area contributed by atoms with Crippen molar-refractivity contribution in [1.82, 2.24) is 0 Å². The van der Waals surface area contributed by atoms with Gasteiger partial charge in [0, 0.05) is 5.38 Å². The van der Waals surface area contributed by atoms with Crippen LogP contribution in [0.3, 0.4) is 0 Å². The normalized spacial score (nSPS) is 28.4. The van der Waals surface area contributed by atoms with Gasteiger partial charge in [-0.2, -0.15) is 0 Å². The average Bonchev–Trinajstić information content (AvgIpc) is 2.31. The van der Waals surface area contributed by atoms with Crippen LogP contribution in [0.4, 0.5) is 4.39 Å². The quantitative estimate of drug-likeness (QED) is 0.632. The van der Waals surface area contributed by atoms with Crippen LogP contribution in [-0.2, 0) is 5.41 Å². The molecule has 1 aromatic rings. The van der Waals surface area contributed by atoms with E-state index in [2.05, 4.69) is 20.8 Å². The van der Waals surface area contributed by atoms with E-state index in [0.717, 1.165) is 24.0 Å². The molecule has 0 spiro atoms. The third kappa shape index (κ3) is 2.97. The lowest BCUT2D eigenvalue weighted by atomic mass is 9.65. The smallest absolute Gasteiger partial charge is 0.126 e. The van der Waals surface area contributed by atoms with E-state index >= 15 is 0 Å². The second kappa shape index (κ2) is 5.44. The summed E-state index contributed by atoms with van der Waals surface area (Å²) in [5, 5.41) is 0.152. The Morgan fingerprint density at radius 3 is 2.58 bits per heavy atom. The predicted molar refractivity (Wildman–Crippen MR) is 80.3 cm³/mol. The fourth-order valence-corrected chi connectivity index (χ4v) is 4.20. The molecule has 0 aromatic heterocycles. The topological polar surface area (TPSA) is 0 Å². The molecule has 0 radical (unpaired) electrons. The molecule has 1 fully saturated rings. The molecule has 1 saturated carbocycles. The summed E-state index contributed by atoms with van der Waals surface area (Å²) in [4.78, 5) is 0. The lowest BCUT2D eigenvalue weighted by Crippen LogP contribution is -2.39. The first kappa shape index (κ1) is 14.8. The number of aryl methyl sites for hydroxylation is 1. The molecule has 0 N–H and O–H groups in total. The minimum atomic E-state index is -0.206. The Labute approximate surface area is 121 Å². The van der Waals surface area contributed by atoms with Gasteiger partial charge in [-0.05, 0) is 48.6 Å². The van der Waals surface area contributed by atoms with Crippen LogP contribution in [0.5, 0.6) is 0 Å². The Balaban J connectivity index is 2.33. The van der Waals surface area contributed by atoms with E-state index in [1.165, 1.54) is 6.42 Å². The molecule has 106 valence electrons. The molecule has 0 aliphatic heterocycles. The first-order valence-electron chi connectivity index (χ1n) is 7.23. The molecular weight excluding hydrogens is 259 g/mol. The molecule has 0 nitrogen and oxygen atoms in total. The van der Waals surface area contributed by atoms with Crippen LogP contribution in [0.25, 0.3) is 0 Å². The lowest BCUT2D eigenvalue weighted by molar-refractivity contribution is 0.204. The SMILES string of the molecule is Cc1ccc(F)c(C(C)(C)C2CCC(C)CC2Cl)c1. The first-order chi connectivity index (χ1) is 8.82. The fourth-order valence-electron chi connectivity index (χ4n) is 3.46. The van der Waals surface area contributed by atoms with E-state index in [1.807, 2.05) is 19.1 Å². The molecule has 0 amide bonds. The van der Waals surface area contributed by atoms with Crippen LogP contribution in [0.2, 0.25) is 0 Å². The summed E-state index contributed by atoms with van der Waals surface area (Å²) in [7, 11) is 0. The zero-order valence-electron chi connectivity index (χ0n) is 12.3. The van der Waals surface area contributed by atoms with E-state index in [-0.39, 0.29) is 16.6 Å². The zero-order valence-corrected chi connectivity index (χ0v) is 13.1. The minimum Gasteiger partial charge on any atom is -0.207 e. The van der Waals surface area contributed by atoms with Crippen LogP contribution in [0.15, 0.2) is 18.2 Å². The van der Waals surface area contributed by atoms with Crippen LogP contribution < -0.4 is 0 Å². The van der Waals surface area contributed by atoms with E-state index in [4.69, 9.17) is 11.6 Å². The van der Waals surface area contributed by atoms with Crippen molar-refractivity contribution in [2.24, 2.45) is 11.8 Å². The summed E-state index contributed by atoms with van der Waals surface area (Å²) in [6, 6.07) is 5.40. The zero-order chi connectivity index (χ0) is 14.2. The maximum absolute atomic E-state index is 14.2. The van der Waals surface area contributed by atoms with E-state index in [9.17, 15) is 4.39 Å². The van der Waals surface area contributed by atoms with Gasteiger partial charge in [0.2, 0.25) is 0 Å². The summed E-state index contributed by atoms with van der Waals surface area (Å²) >= 11 is 6.58. The summed E-state index contributed by atoms with van der Waals surface area (Å²) in [6.07, 6.45) is 3.34. The van der Waals surface area contributed by atoms with Gasteiger partial charge >= 0.3 is 0 Å². The van der Waals surface area contributed by atoms with Gasteiger partial charge in [-0.3, -0.25) is 0 Å². The number of benzene rings is 1. The molecule has 1 aliphatic carbocycles. The van der Waals surface area contributed by atoms with Crippen molar-refractivity contribution in [2.75, 3.05) is 0 Å². The largest absolute Gasteiger partial charge is 0.207 e. The summed E-state index contributed by atoms with van der Waals surface area (Å²) in [5.41, 5.74) is 1.72. The third-order valence-electron chi connectivity index (χ3n) is 4.78. The molecule has 0 bridgehead atoms. The molecular formula is C17H24ClF. The number of halogens is 2. The van der Waals surface area contributed by atoms with E-state index in [1.54, 1.807) is 6.07 Å². The molecule has 2 heteroatoms. The molecule has 0 heterocycles. The minimum absolute atomic E-state index is 0.0990. The van der Waals surface area contributed by atoms with Gasteiger partial charge in [0.05, 0.1) is 0 Å². The van der Waals surface area contributed by atoms with Crippen molar-refractivity contribution in [3.63, 3.8) is 0 Å². The second-order valence-corrected chi connectivity index (χ2v) is 7.31. The van der Waals surface area contributed by atoms with Gasteiger partial charge in [-0.25, -0.2) is 4.39 Å². The van der Waals surface area contributed by atoms with Gasteiger partial charge in [0.1, 0.15) is 5.82 Å². The van der Waals surface area contributed by atoms with Crippen molar-refractivity contribution in [3.05, 3.63) is 35.1 Å². The van der Waals surface area contributed by atoms with Crippen LogP contribution >= 0.6 is 11.6 Å². The van der Waals surface area contributed by atoms with Gasteiger partial charge < -0.3 is 0 Å². The molecule has 3 atom stereocenters. The Morgan fingerprint density at radius 2 is 1.95 bits per heavy atom. The predicted octanol–water partition coefficient (Wildman–Crippen LogP) is 5.46. The van der Waals surface area contributed by atoms with E-state index in [0.29, 0.717) is 11.8 Å². The van der Waals surface area contributed by atoms with Crippen molar-refractivity contribution in [3.8, 4) is 0 Å². The van der Waals surface area contributed by atoms with Gasteiger partial charge in [0.25, 0.3) is 0 Å². The number of hydrogen-bond acceptors (Lipinski definition) is 0. The monoisotopic (exact) mass is 282 g/mol. The Hall–Kier alpha value is -0.560. The Morgan fingerprint density at radius 1 is 1.26 bits per heavy atom. The van der Waals surface area contributed by atoms with Crippen molar-refractivity contribution in [2.45, 2.75) is 57.7 Å². The number of alkyl halides is 1. The fraction of sp³-hybridized carbons (Fsp3) is 0.647. The summed E-state index contributed by atoms with van der Waals surface area (Å²) < 4.78 is 14.2. The maximum atomic E-state index is 14.2. The first-order valence-corrected chi connectivity index (χ1v) is 7.66. The maximum Gasteiger partial charge on any atom is 0.126 e. The molecule has 0 saturated heterocycles. The van der Waals surface area contributed by atoms with Gasteiger partial charge in [-0.1, -0.05) is 44.9 Å². The Kier molecular flexibility index (Phi) is 4.25. The van der Waals surface area contributed by atoms with Crippen molar-refractivity contribution < 1.29 is 4.39 Å². The standard InChI is InChI=1S/C17H24ClF/c1-11-6-8-16(19)14(9-11)17(3,4)13-7-5-12(2)10-15(13)18/h6,8-9,12-13,15H,5,7,10H2,1-4H3. The van der Waals surface area contributed by atoms with Gasteiger partial charge in [-0.15, -0.1) is 11.6 Å². The van der Waals surface area contributed by atoms with Crippen LogP contribution in [0.1, 0.15) is 51.2 Å². The van der Waals surface area contributed by atoms with Gasteiger partial charge in [0.15, 0.2) is 0 Å². The molecule has 3 unspecified atom stereocenters. The Bertz CT molecular complexity index is 453. The van der Waals surface area contributed by atoms with Crippen molar-refractivity contribution in [1.29, 1.82) is 0 Å². The van der Waals surface area contributed by atoms with Crippen molar-refractivity contribution >= 4 is 11.6 Å². The van der Waals surface area contributed by atoms with Crippen LogP contribution in [-0.4, -0.2) is 5.38 Å². The van der Waals surface area contributed by atoms with E-state index < -0.39 is 0 Å². The van der Waals surface area contributed by atoms with Crippen LogP contribution in [0, 0.1) is 24.6 Å². The molecule has 19 heavy (non-hydrogen) atoms. The molecule has 1 aromatic carbocycles. The highest BCUT2D eigenvalue weighted by atomic mass is 35.5. The number of rotatable bonds is 2. The molecule has 2 rings (SSSR count). The lowest BCUT2D eigenvalue weighted by Gasteiger charge is -2.42. The average molecular weight is 283 g/mol. The highest BCUT2D eigenvalue weighted by Crippen LogP contribution is 2.45. The highest BCUT2D eigenvalue weighted by molar-refractivity contribution is 6.20. The highest BCUT2D eigenvalue weighted by Gasteiger charge is 2.40. The summed E-state index contributed by atoms with van der Waals surface area (Å²) in [6.45, 7) is 8.55. The number of hydrogen-bond donors (Lipinski definition) is 0. The molecule has 1 aliphatic rings.